The number of hydrogen-bond acceptors (Lipinski definition) is 6. The summed E-state index contributed by atoms with van der Waals surface area (Å²) in [7, 11) is 0. The number of rotatable bonds is 8. The maximum absolute atomic E-state index is 13.6. The lowest BCUT2D eigenvalue weighted by Gasteiger charge is -2.08. The molecule has 3 amide bonds. The molecule has 0 aliphatic heterocycles. The Hall–Kier alpha value is -3.53. The zero-order valence-electron chi connectivity index (χ0n) is 15.2. The van der Waals surface area contributed by atoms with E-state index >= 15 is 0 Å². The van der Waals surface area contributed by atoms with Crippen molar-refractivity contribution < 1.29 is 18.7 Å². The molecule has 2 aromatic heterocycles. The highest BCUT2D eigenvalue weighted by molar-refractivity contribution is 7.11. The number of nitrogens with zero attached hydrogens (tertiary/aromatic N) is 2. The van der Waals surface area contributed by atoms with Gasteiger partial charge in [-0.3, -0.25) is 15.1 Å². The fourth-order valence-electron chi connectivity index (χ4n) is 2.47. The van der Waals surface area contributed by atoms with Crippen molar-refractivity contribution in [2.24, 2.45) is 5.73 Å². The van der Waals surface area contributed by atoms with E-state index in [0.29, 0.717) is 12.0 Å². The lowest BCUT2D eigenvalue weighted by Crippen LogP contribution is -2.31. The van der Waals surface area contributed by atoms with E-state index in [0.717, 1.165) is 17.1 Å². The fourth-order valence-corrected chi connectivity index (χ4v) is 3.21. The average molecular weight is 415 g/mol. The van der Waals surface area contributed by atoms with Gasteiger partial charge in [0.2, 0.25) is 5.88 Å². The summed E-state index contributed by atoms with van der Waals surface area (Å²) in [5.41, 5.74) is 6.69. The van der Waals surface area contributed by atoms with Crippen LogP contribution in [0.25, 0.3) is 0 Å². The Morgan fingerprint density at radius 2 is 2.03 bits per heavy atom. The van der Waals surface area contributed by atoms with Crippen LogP contribution in [0.5, 0.6) is 5.88 Å². The van der Waals surface area contributed by atoms with Crippen molar-refractivity contribution >= 4 is 28.5 Å². The Morgan fingerprint density at radius 1 is 1.21 bits per heavy atom. The number of hydrogen-bond donors (Lipinski definition) is 3. The van der Waals surface area contributed by atoms with Gasteiger partial charge in [0.25, 0.3) is 5.91 Å². The molecule has 0 saturated heterocycles. The predicted molar refractivity (Wildman–Crippen MR) is 106 cm³/mol. The third kappa shape index (κ3) is 5.48. The first kappa shape index (κ1) is 20.2. The van der Waals surface area contributed by atoms with Crippen molar-refractivity contribution in [3.63, 3.8) is 0 Å². The monoisotopic (exact) mass is 415 g/mol. The van der Waals surface area contributed by atoms with Gasteiger partial charge in [0.05, 0.1) is 0 Å². The summed E-state index contributed by atoms with van der Waals surface area (Å²) >= 11 is 0.877. The molecule has 0 unspecified atom stereocenters. The van der Waals surface area contributed by atoms with Crippen LogP contribution in [0.2, 0.25) is 0 Å². The van der Waals surface area contributed by atoms with Gasteiger partial charge in [-0.25, -0.2) is 9.18 Å². The molecule has 0 aliphatic rings. The van der Waals surface area contributed by atoms with Gasteiger partial charge in [-0.05, 0) is 35.6 Å². The number of carbonyl (C=O) groups is 2. The lowest BCUT2D eigenvalue weighted by molar-refractivity contribution is 0.0996. The number of urea groups is 1. The van der Waals surface area contributed by atoms with E-state index in [9.17, 15) is 14.0 Å². The van der Waals surface area contributed by atoms with E-state index in [-0.39, 0.29) is 35.4 Å². The van der Waals surface area contributed by atoms with Crippen molar-refractivity contribution in [2.75, 3.05) is 11.9 Å². The summed E-state index contributed by atoms with van der Waals surface area (Å²) in [4.78, 5) is 27.9. The number of amides is 3. The number of pyridine rings is 1. The summed E-state index contributed by atoms with van der Waals surface area (Å²) < 4.78 is 23.2. The van der Waals surface area contributed by atoms with Gasteiger partial charge >= 0.3 is 6.03 Å². The molecule has 4 N–H and O–H groups in total. The zero-order valence-corrected chi connectivity index (χ0v) is 16.0. The van der Waals surface area contributed by atoms with E-state index in [1.807, 2.05) is 6.07 Å². The van der Waals surface area contributed by atoms with Crippen LogP contribution in [-0.4, -0.2) is 27.8 Å². The topological polar surface area (TPSA) is 119 Å². The smallest absolute Gasteiger partial charge is 0.319 e. The second kappa shape index (κ2) is 9.60. The Labute approximate surface area is 170 Å². The Bertz CT molecular complexity index is 997. The second-order valence-corrected chi connectivity index (χ2v) is 6.70. The minimum Gasteiger partial charge on any atom is -0.472 e. The molecule has 29 heavy (non-hydrogen) atoms. The molecule has 10 heteroatoms. The summed E-state index contributed by atoms with van der Waals surface area (Å²) in [5.74, 6) is -1.07. The maximum atomic E-state index is 13.6. The van der Waals surface area contributed by atoms with Gasteiger partial charge in [-0.2, -0.15) is 4.37 Å². The van der Waals surface area contributed by atoms with Crippen molar-refractivity contribution in [2.45, 2.75) is 13.0 Å². The standard InChI is InChI=1S/C19H18FN5O3S/c20-14-6-2-1-5-13(14)7-9-23-19(27)24-18-15(16(21)26)17(25-29-18)28-11-12-4-3-8-22-10-12/h1-6,8,10H,7,9,11H2,(H2,21,26)(H2,23,24,27). The van der Waals surface area contributed by atoms with Crippen LogP contribution in [-0.2, 0) is 13.0 Å². The van der Waals surface area contributed by atoms with Gasteiger partial charge in [-0.15, -0.1) is 0 Å². The maximum Gasteiger partial charge on any atom is 0.319 e. The van der Waals surface area contributed by atoms with E-state index in [2.05, 4.69) is 20.0 Å². The number of primary amides is 1. The molecule has 0 saturated carbocycles. The molecule has 150 valence electrons. The van der Waals surface area contributed by atoms with Gasteiger partial charge in [0.1, 0.15) is 23.0 Å². The highest BCUT2D eigenvalue weighted by atomic mass is 32.1. The molecule has 0 aliphatic carbocycles. The Kier molecular flexibility index (Phi) is 6.69. The van der Waals surface area contributed by atoms with Crippen molar-refractivity contribution in [1.82, 2.24) is 14.7 Å². The Morgan fingerprint density at radius 3 is 2.76 bits per heavy atom. The largest absolute Gasteiger partial charge is 0.472 e. The van der Waals surface area contributed by atoms with E-state index in [4.69, 9.17) is 10.5 Å². The predicted octanol–water partition coefficient (Wildman–Crippen LogP) is 2.72. The first-order valence-corrected chi connectivity index (χ1v) is 9.41. The van der Waals surface area contributed by atoms with Crippen molar-refractivity contribution in [3.8, 4) is 5.88 Å². The minimum absolute atomic E-state index is 0.0110. The van der Waals surface area contributed by atoms with Crippen LogP contribution in [0.15, 0.2) is 48.8 Å². The fraction of sp³-hybridized carbons (Fsp3) is 0.158. The zero-order chi connectivity index (χ0) is 20.6. The first-order valence-electron chi connectivity index (χ1n) is 8.64. The third-order valence-electron chi connectivity index (χ3n) is 3.87. The molecule has 0 spiro atoms. The molecule has 0 bridgehead atoms. The van der Waals surface area contributed by atoms with Crippen molar-refractivity contribution in [3.05, 3.63) is 71.3 Å². The van der Waals surface area contributed by atoms with Gasteiger partial charge in [0.15, 0.2) is 0 Å². The average Bonchev–Trinajstić information content (AvgIpc) is 3.11. The number of ether oxygens (including phenoxy) is 1. The summed E-state index contributed by atoms with van der Waals surface area (Å²) in [5, 5.41) is 5.30. The second-order valence-electron chi connectivity index (χ2n) is 5.93. The van der Waals surface area contributed by atoms with Crippen LogP contribution in [0.4, 0.5) is 14.2 Å². The number of nitrogens with one attached hydrogen (secondary N) is 2. The van der Waals surface area contributed by atoms with E-state index in [1.165, 1.54) is 6.07 Å². The molecule has 3 rings (SSSR count). The van der Waals surface area contributed by atoms with E-state index < -0.39 is 11.9 Å². The highest BCUT2D eigenvalue weighted by Gasteiger charge is 2.22. The van der Waals surface area contributed by atoms with Crippen LogP contribution < -0.4 is 21.1 Å². The first-order chi connectivity index (χ1) is 14.0. The molecular formula is C19H18FN5O3S. The molecule has 3 aromatic rings. The van der Waals surface area contributed by atoms with Crippen molar-refractivity contribution in [1.29, 1.82) is 0 Å². The SMILES string of the molecule is NC(=O)c1c(OCc2cccnc2)nsc1NC(=O)NCCc1ccccc1F. The quantitative estimate of drug-likeness (QED) is 0.523. The lowest BCUT2D eigenvalue weighted by atomic mass is 10.1. The Balaban J connectivity index is 1.58. The van der Waals surface area contributed by atoms with Crippen LogP contribution in [0.1, 0.15) is 21.5 Å². The highest BCUT2D eigenvalue weighted by Crippen LogP contribution is 2.30. The number of aromatic nitrogens is 2. The summed E-state index contributed by atoms with van der Waals surface area (Å²) in [6.45, 7) is 0.355. The number of nitrogens with two attached hydrogens (primary N) is 1. The normalized spacial score (nSPS) is 10.4. The van der Waals surface area contributed by atoms with Gasteiger partial charge in [0, 0.05) is 24.5 Å². The summed E-state index contributed by atoms with van der Waals surface area (Å²) in [6.07, 6.45) is 3.58. The minimum atomic E-state index is -0.776. The molecule has 2 heterocycles. The van der Waals surface area contributed by atoms with Gasteiger partial charge in [-0.1, -0.05) is 24.3 Å². The number of anilines is 1. The number of halogens is 1. The molecule has 0 atom stereocenters. The summed E-state index contributed by atoms with van der Waals surface area (Å²) in [6, 6.07) is 9.34. The number of benzene rings is 1. The molecule has 1 aromatic carbocycles. The molecule has 0 radical (unpaired) electrons. The third-order valence-corrected chi connectivity index (χ3v) is 4.62. The van der Waals surface area contributed by atoms with Gasteiger partial charge < -0.3 is 15.8 Å². The molecule has 0 fully saturated rings. The molecule has 8 nitrogen and oxygen atoms in total. The molecular weight excluding hydrogens is 397 g/mol. The van der Waals surface area contributed by atoms with Crippen LogP contribution in [0.3, 0.4) is 0 Å². The van der Waals surface area contributed by atoms with Crippen LogP contribution >= 0.6 is 11.5 Å². The van der Waals surface area contributed by atoms with E-state index in [1.54, 1.807) is 36.7 Å². The number of carbonyl (C=O) groups excluding carboxylic acids is 2. The van der Waals surface area contributed by atoms with Crippen LogP contribution in [0, 0.1) is 5.82 Å².